The fraction of sp³-hybridized carbons (Fsp3) is 0.306. The monoisotopic (exact) mass is 655 g/mol. The number of likely N-dealkylation sites (tertiary alicyclic amines) is 2. The maximum atomic E-state index is 13.0. The van der Waals surface area contributed by atoms with Crippen molar-refractivity contribution in [3.8, 4) is 22.4 Å². The smallest absolute Gasteiger partial charge is 0.230 e. The summed E-state index contributed by atoms with van der Waals surface area (Å²) in [6.07, 6.45) is 15.7. The molecule has 13 nitrogen and oxygen atoms in total. The van der Waals surface area contributed by atoms with Gasteiger partial charge in [-0.25, -0.2) is 24.9 Å². The van der Waals surface area contributed by atoms with Crippen molar-refractivity contribution in [2.24, 2.45) is 5.92 Å². The minimum absolute atomic E-state index is 0.0562. The predicted octanol–water partition coefficient (Wildman–Crippen LogP) is 4.54. The van der Waals surface area contributed by atoms with E-state index in [0.29, 0.717) is 36.5 Å². The van der Waals surface area contributed by atoms with Crippen LogP contribution in [0.2, 0.25) is 0 Å². The number of anilines is 1. The highest BCUT2D eigenvalue weighted by Crippen LogP contribution is 2.33. The van der Waals surface area contributed by atoms with Gasteiger partial charge in [0.2, 0.25) is 17.8 Å². The number of H-pyrrole nitrogens is 3. The molecular formula is C36H37N11O2. The van der Waals surface area contributed by atoms with Crippen LogP contribution in [0.5, 0.6) is 0 Å². The van der Waals surface area contributed by atoms with Crippen molar-refractivity contribution in [3.05, 3.63) is 97.2 Å². The number of hydrogen-bond acceptors (Lipinski definition) is 8. The summed E-state index contributed by atoms with van der Waals surface area (Å²) >= 11 is 0. The maximum Gasteiger partial charge on any atom is 0.230 e. The van der Waals surface area contributed by atoms with Crippen LogP contribution in [-0.2, 0) is 22.4 Å². The number of rotatable bonds is 10. The Hall–Kier alpha value is -5.85. The Bertz CT molecular complexity index is 2050. The summed E-state index contributed by atoms with van der Waals surface area (Å²) in [6, 6.07) is 12.7. The molecule has 2 aromatic carbocycles. The van der Waals surface area contributed by atoms with Crippen LogP contribution in [0.4, 0.5) is 5.95 Å². The molecule has 0 bridgehead atoms. The van der Waals surface area contributed by atoms with E-state index in [1.165, 1.54) is 0 Å². The molecule has 4 aromatic heterocycles. The van der Waals surface area contributed by atoms with Crippen LogP contribution in [0.15, 0.2) is 79.8 Å². The first-order chi connectivity index (χ1) is 24.1. The molecule has 0 radical (unpaired) electrons. The summed E-state index contributed by atoms with van der Waals surface area (Å²) in [5.74, 6) is 3.28. The van der Waals surface area contributed by atoms with E-state index < -0.39 is 0 Å². The van der Waals surface area contributed by atoms with Gasteiger partial charge < -0.3 is 30.1 Å². The molecule has 2 aliphatic heterocycles. The summed E-state index contributed by atoms with van der Waals surface area (Å²) in [7, 11) is 0. The quantitative estimate of drug-likeness (QED) is 0.167. The van der Waals surface area contributed by atoms with Gasteiger partial charge in [0.15, 0.2) is 0 Å². The molecule has 2 fully saturated rings. The van der Waals surface area contributed by atoms with Crippen molar-refractivity contribution in [2.45, 2.75) is 38.1 Å². The van der Waals surface area contributed by atoms with Crippen molar-refractivity contribution in [2.75, 3.05) is 31.5 Å². The lowest BCUT2D eigenvalue weighted by molar-refractivity contribution is -0.131. The lowest BCUT2D eigenvalue weighted by atomic mass is 10.0. The van der Waals surface area contributed by atoms with Crippen LogP contribution in [0.25, 0.3) is 33.2 Å². The van der Waals surface area contributed by atoms with Gasteiger partial charge in [-0.3, -0.25) is 9.59 Å². The largest absolute Gasteiger partial charge is 0.354 e. The molecule has 8 rings (SSSR count). The molecule has 248 valence electrons. The van der Waals surface area contributed by atoms with Crippen LogP contribution in [0.3, 0.4) is 0 Å². The zero-order valence-corrected chi connectivity index (χ0v) is 27.0. The molecule has 2 saturated heterocycles. The first kappa shape index (κ1) is 30.5. The maximum absolute atomic E-state index is 13.0. The average Bonchev–Trinajstić information content (AvgIpc) is 3.97. The Morgan fingerprint density at radius 2 is 1.49 bits per heavy atom. The molecule has 2 atom stereocenters. The van der Waals surface area contributed by atoms with Gasteiger partial charge in [-0.2, -0.15) is 0 Å². The van der Waals surface area contributed by atoms with Gasteiger partial charge in [-0.15, -0.1) is 0 Å². The predicted molar refractivity (Wildman–Crippen MR) is 184 cm³/mol. The van der Waals surface area contributed by atoms with Crippen molar-refractivity contribution in [3.63, 3.8) is 0 Å². The van der Waals surface area contributed by atoms with E-state index in [4.69, 9.17) is 4.98 Å². The van der Waals surface area contributed by atoms with Gasteiger partial charge in [-0.05, 0) is 53.6 Å². The Morgan fingerprint density at radius 1 is 0.776 bits per heavy atom. The minimum Gasteiger partial charge on any atom is -0.354 e. The van der Waals surface area contributed by atoms with Gasteiger partial charge in [0, 0.05) is 74.5 Å². The Labute approximate surface area is 282 Å². The van der Waals surface area contributed by atoms with Gasteiger partial charge in [0.1, 0.15) is 17.5 Å². The van der Waals surface area contributed by atoms with Gasteiger partial charge in [0.05, 0.1) is 30.8 Å². The highest BCUT2D eigenvalue weighted by atomic mass is 16.2. The van der Waals surface area contributed by atoms with Crippen LogP contribution in [0.1, 0.15) is 42.8 Å². The SMILES string of the molecule is O=C(Cc1ncc[nH]1)N1CC[C@H](CNc2ncc(-c3ccc4cc(-c5cnc([C@@H]6CCCN6C(=O)Cc6ncc[nH]6)[nH]5)ccc4c3)cn2)C1. The number of nitrogens with one attached hydrogen (secondary N) is 4. The highest BCUT2D eigenvalue weighted by molar-refractivity contribution is 5.90. The number of aromatic nitrogens is 8. The van der Waals surface area contributed by atoms with E-state index in [1.54, 1.807) is 24.8 Å². The molecule has 0 aliphatic carbocycles. The number of aromatic amines is 3. The first-order valence-corrected chi connectivity index (χ1v) is 16.7. The van der Waals surface area contributed by atoms with Crippen LogP contribution in [-0.4, -0.2) is 87.7 Å². The molecule has 49 heavy (non-hydrogen) atoms. The van der Waals surface area contributed by atoms with E-state index in [0.717, 1.165) is 77.9 Å². The molecule has 2 amide bonds. The number of hydrogen-bond donors (Lipinski definition) is 4. The van der Waals surface area contributed by atoms with E-state index in [-0.39, 0.29) is 24.3 Å². The standard InChI is InChI=1S/C36H37N11O2/c48-33(16-31-37-8-9-38-31)46-13-7-23(22-46)18-42-36-43-19-28(20-44-36)26-4-3-25-15-27(6-5-24(25)14-26)29-21-41-35(45-29)30-2-1-12-47(30)34(49)17-32-39-10-11-40-32/h3-6,8-11,14-15,19-21,23,30H,1-2,7,12-13,16-18,22H2,(H,37,38)(H,39,40)(H,41,45)(H,42,43,44)/t23-,30+/m1/s1. The van der Waals surface area contributed by atoms with E-state index in [2.05, 4.69) is 76.6 Å². The third-order valence-corrected chi connectivity index (χ3v) is 9.56. The lowest BCUT2D eigenvalue weighted by Crippen LogP contribution is -2.32. The van der Waals surface area contributed by atoms with Crippen LogP contribution < -0.4 is 5.32 Å². The molecule has 6 aromatic rings. The molecule has 13 heteroatoms. The number of fused-ring (bicyclic) bond motifs is 1. The Morgan fingerprint density at radius 3 is 2.22 bits per heavy atom. The molecule has 0 unspecified atom stereocenters. The second kappa shape index (κ2) is 13.3. The van der Waals surface area contributed by atoms with Crippen molar-refractivity contribution < 1.29 is 9.59 Å². The second-order valence-electron chi connectivity index (χ2n) is 12.8. The number of nitrogens with zero attached hydrogens (tertiary/aromatic N) is 7. The number of carbonyl (C=O) groups excluding carboxylic acids is 2. The second-order valence-corrected chi connectivity index (χ2v) is 12.8. The third kappa shape index (κ3) is 6.64. The fourth-order valence-electron chi connectivity index (χ4n) is 6.91. The first-order valence-electron chi connectivity index (χ1n) is 16.7. The van der Waals surface area contributed by atoms with Crippen molar-refractivity contribution >= 4 is 28.5 Å². The Kier molecular flexibility index (Phi) is 8.30. The van der Waals surface area contributed by atoms with Crippen molar-refractivity contribution in [1.29, 1.82) is 0 Å². The number of carbonyl (C=O) groups is 2. The topological polar surface area (TPSA) is 164 Å². The fourth-order valence-corrected chi connectivity index (χ4v) is 6.91. The third-order valence-electron chi connectivity index (χ3n) is 9.56. The summed E-state index contributed by atoms with van der Waals surface area (Å²) in [5.41, 5.74) is 3.94. The average molecular weight is 656 g/mol. The Balaban J connectivity index is 0.879. The van der Waals surface area contributed by atoms with Gasteiger partial charge in [0.25, 0.3) is 0 Å². The summed E-state index contributed by atoms with van der Waals surface area (Å²) in [5, 5.41) is 5.57. The number of imidazole rings is 3. The van der Waals surface area contributed by atoms with Gasteiger partial charge in [-0.1, -0.05) is 24.3 Å². The molecule has 0 saturated carbocycles. The zero-order valence-electron chi connectivity index (χ0n) is 27.0. The van der Waals surface area contributed by atoms with E-state index in [9.17, 15) is 9.59 Å². The van der Waals surface area contributed by atoms with Gasteiger partial charge >= 0.3 is 0 Å². The zero-order chi connectivity index (χ0) is 33.2. The molecule has 4 N–H and O–H groups in total. The summed E-state index contributed by atoms with van der Waals surface area (Å²) in [6.45, 7) is 2.91. The molecule has 0 spiro atoms. The van der Waals surface area contributed by atoms with E-state index in [1.807, 2.05) is 28.4 Å². The normalized spacial score (nSPS) is 17.6. The highest BCUT2D eigenvalue weighted by Gasteiger charge is 2.32. The number of amides is 2. The lowest BCUT2D eigenvalue weighted by Gasteiger charge is -2.22. The molecule has 2 aliphatic rings. The van der Waals surface area contributed by atoms with Crippen LogP contribution >= 0.6 is 0 Å². The van der Waals surface area contributed by atoms with Crippen LogP contribution in [0, 0.1) is 5.92 Å². The van der Waals surface area contributed by atoms with Crippen molar-refractivity contribution in [1.82, 2.24) is 49.7 Å². The molecular weight excluding hydrogens is 618 g/mol. The minimum atomic E-state index is -0.0648. The number of benzene rings is 2. The van der Waals surface area contributed by atoms with E-state index >= 15 is 0 Å². The summed E-state index contributed by atoms with van der Waals surface area (Å²) in [4.78, 5) is 61.1. The molecule has 6 heterocycles. The summed E-state index contributed by atoms with van der Waals surface area (Å²) < 4.78 is 0.